The van der Waals surface area contributed by atoms with E-state index in [2.05, 4.69) is 0 Å². The molecular weight excluding hydrogens is 424 g/mol. The highest BCUT2D eigenvalue weighted by Crippen LogP contribution is 2.35. The van der Waals surface area contributed by atoms with Crippen LogP contribution in [-0.4, -0.2) is 41.5 Å². The molecule has 5 heteroatoms. The SMILES string of the molecule is CN(C)C(=O)c1c(C=O)cccc1-n1c2ccccc2c2cc(C(=O)c3ccccc3)ccc21. The van der Waals surface area contributed by atoms with Crippen LogP contribution in [0.1, 0.15) is 36.6 Å². The Bertz CT molecular complexity index is 1580. The molecule has 0 aliphatic carbocycles. The number of hydrogen-bond donors (Lipinski definition) is 0. The minimum Gasteiger partial charge on any atom is -0.345 e. The van der Waals surface area contributed by atoms with Crippen molar-refractivity contribution < 1.29 is 14.4 Å². The summed E-state index contributed by atoms with van der Waals surface area (Å²) in [4.78, 5) is 39.5. The van der Waals surface area contributed by atoms with Gasteiger partial charge in [0.05, 0.1) is 22.3 Å². The smallest absolute Gasteiger partial charge is 0.256 e. The number of amides is 1. The second-order valence-corrected chi connectivity index (χ2v) is 8.34. The molecule has 1 aromatic heterocycles. The van der Waals surface area contributed by atoms with Crippen LogP contribution in [0.4, 0.5) is 0 Å². The maximum Gasteiger partial charge on any atom is 0.256 e. The van der Waals surface area contributed by atoms with E-state index in [1.54, 1.807) is 38.4 Å². The van der Waals surface area contributed by atoms with Crippen molar-refractivity contribution in [3.8, 4) is 5.69 Å². The fourth-order valence-corrected chi connectivity index (χ4v) is 4.43. The highest BCUT2D eigenvalue weighted by atomic mass is 16.2. The number of benzene rings is 4. The van der Waals surface area contributed by atoms with Gasteiger partial charge in [-0.25, -0.2) is 0 Å². The lowest BCUT2D eigenvalue weighted by molar-refractivity contribution is 0.0824. The van der Waals surface area contributed by atoms with Crippen LogP contribution in [-0.2, 0) is 0 Å². The monoisotopic (exact) mass is 446 g/mol. The van der Waals surface area contributed by atoms with Gasteiger partial charge >= 0.3 is 0 Å². The lowest BCUT2D eigenvalue weighted by Crippen LogP contribution is -2.24. The number of aromatic nitrogens is 1. The summed E-state index contributed by atoms with van der Waals surface area (Å²) in [5, 5.41) is 1.86. The summed E-state index contributed by atoms with van der Waals surface area (Å²) in [6.45, 7) is 0. The van der Waals surface area contributed by atoms with Crippen LogP contribution in [0.2, 0.25) is 0 Å². The zero-order valence-electron chi connectivity index (χ0n) is 18.9. The Balaban J connectivity index is 1.81. The van der Waals surface area contributed by atoms with E-state index >= 15 is 0 Å². The summed E-state index contributed by atoms with van der Waals surface area (Å²) in [5.41, 5.74) is 4.25. The Kier molecular flexibility index (Phi) is 5.30. The Morgan fingerprint density at radius 2 is 1.44 bits per heavy atom. The molecule has 5 nitrogen and oxygen atoms in total. The molecule has 1 heterocycles. The predicted molar refractivity (Wildman–Crippen MR) is 134 cm³/mol. The van der Waals surface area contributed by atoms with Gasteiger partial charge < -0.3 is 9.47 Å². The van der Waals surface area contributed by atoms with Gasteiger partial charge in [-0.15, -0.1) is 0 Å². The molecule has 0 unspecified atom stereocenters. The van der Waals surface area contributed by atoms with Gasteiger partial charge in [0.15, 0.2) is 12.1 Å². The van der Waals surface area contributed by atoms with E-state index in [9.17, 15) is 14.4 Å². The first-order valence-electron chi connectivity index (χ1n) is 10.9. The molecule has 1 amide bonds. The molecule has 34 heavy (non-hydrogen) atoms. The Hall–Kier alpha value is -4.51. The van der Waals surface area contributed by atoms with E-state index in [0.29, 0.717) is 34.2 Å². The van der Waals surface area contributed by atoms with Gasteiger partial charge in [0.1, 0.15) is 0 Å². The summed E-state index contributed by atoms with van der Waals surface area (Å²) in [5.74, 6) is -0.301. The first-order valence-corrected chi connectivity index (χ1v) is 10.9. The summed E-state index contributed by atoms with van der Waals surface area (Å²) >= 11 is 0. The molecule has 0 fully saturated rings. The average Bonchev–Trinajstić information content (AvgIpc) is 3.21. The first kappa shape index (κ1) is 21.3. The van der Waals surface area contributed by atoms with Crippen molar-refractivity contribution in [1.29, 1.82) is 0 Å². The van der Waals surface area contributed by atoms with E-state index < -0.39 is 0 Å². The highest BCUT2D eigenvalue weighted by Gasteiger charge is 2.22. The van der Waals surface area contributed by atoms with Crippen LogP contribution >= 0.6 is 0 Å². The number of para-hydroxylation sites is 1. The van der Waals surface area contributed by atoms with Crippen molar-refractivity contribution in [3.05, 3.63) is 113 Å². The zero-order valence-corrected chi connectivity index (χ0v) is 18.9. The molecule has 0 saturated carbocycles. The molecule has 0 bridgehead atoms. The lowest BCUT2D eigenvalue weighted by atomic mass is 10.0. The second kappa shape index (κ2) is 8.45. The van der Waals surface area contributed by atoms with Crippen molar-refractivity contribution in [1.82, 2.24) is 9.47 Å². The van der Waals surface area contributed by atoms with Crippen LogP contribution < -0.4 is 0 Å². The van der Waals surface area contributed by atoms with Crippen LogP contribution in [0.15, 0.2) is 91.0 Å². The highest BCUT2D eigenvalue weighted by molar-refractivity contribution is 6.16. The predicted octanol–water partition coefficient (Wildman–Crippen LogP) is 5.53. The molecule has 4 aromatic carbocycles. The topological polar surface area (TPSA) is 59.4 Å². The van der Waals surface area contributed by atoms with Crippen LogP contribution in [0.25, 0.3) is 27.5 Å². The summed E-state index contributed by atoms with van der Waals surface area (Å²) in [6, 6.07) is 27.9. The maximum atomic E-state index is 13.1. The van der Waals surface area contributed by atoms with E-state index in [4.69, 9.17) is 0 Å². The van der Waals surface area contributed by atoms with Gasteiger partial charge in [-0.2, -0.15) is 0 Å². The standard InChI is InChI=1S/C29H22N2O3/c1-30(2)29(34)27-21(18-32)11-8-14-26(27)31-24-13-7-6-12-22(24)23-17-20(15-16-25(23)31)28(33)19-9-4-3-5-10-19/h3-18H,1-2H3. The summed E-state index contributed by atoms with van der Waals surface area (Å²) < 4.78 is 1.99. The number of ketones is 1. The molecule has 0 aliphatic rings. The number of carbonyl (C=O) groups is 3. The molecule has 0 aliphatic heterocycles. The number of aldehydes is 1. The van der Waals surface area contributed by atoms with Gasteiger partial charge in [0.2, 0.25) is 0 Å². The largest absolute Gasteiger partial charge is 0.345 e. The third kappa shape index (κ3) is 3.39. The number of fused-ring (bicyclic) bond motifs is 3. The summed E-state index contributed by atoms with van der Waals surface area (Å²) in [7, 11) is 3.34. The van der Waals surface area contributed by atoms with E-state index in [-0.39, 0.29) is 11.7 Å². The molecule has 5 aromatic rings. The Morgan fingerprint density at radius 3 is 2.18 bits per heavy atom. The Labute approximate surface area is 196 Å². The number of hydrogen-bond acceptors (Lipinski definition) is 3. The number of carbonyl (C=O) groups excluding carboxylic acids is 3. The average molecular weight is 447 g/mol. The second-order valence-electron chi connectivity index (χ2n) is 8.34. The quantitative estimate of drug-likeness (QED) is 0.263. The van der Waals surface area contributed by atoms with E-state index in [1.807, 2.05) is 71.3 Å². The number of rotatable bonds is 5. The normalized spacial score (nSPS) is 11.0. The van der Waals surface area contributed by atoms with Gasteiger partial charge in [-0.3, -0.25) is 14.4 Å². The molecule has 0 radical (unpaired) electrons. The fraction of sp³-hybridized carbons (Fsp3) is 0.0690. The van der Waals surface area contributed by atoms with Crippen LogP contribution in [0.3, 0.4) is 0 Å². The van der Waals surface area contributed by atoms with Gasteiger partial charge in [-0.1, -0.05) is 60.7 Å². The molecule has 0 spiro atoms. The third-order valence-corrected chi connectivity index (χ3v) is 6.03. The molecule has 166 valence electrons. The van der Waals surface area contributed by atoms with Crippen LogP contribution in [0, 0.1) is 0 Å². The molecule has 0 saturated heterocycles. The van der Waals surface area contributed by atoms with E-state index in [1.165, 1.54) is 4.90 Å². The minimum absolute atomic E-state index is 0.0502. The van der Waals surface area contributed by atoms with Crippen molar-refractivity contribution in [2.45, 2.75) is 0 Å². The van der Waals surface area contributed by atoms with Gasteiger partial charge in [0, 0.05) is 41.6 Å². The Morgan fingerprint density at radius 1 is 0.735 bits per heavy atom. The fourth-order valence-electron chi connectivity index (χ4n) is 4.43. The lowest BCUT2D eigenvalue weighted by Gasteiger charge is -2.18. The molecule has 0 N–H and O–H groups in total. The van der Waals surface area contributed by atoms with Crippen molar-refractivity contribution in [2.24, 2.45) is 0 Å². The number of nitrogens with zero attached hydrogens (tertiary/aromatic N) is 2. The molecule has 0 atom stereocenters. The van der Waals surface area contributed by atoms with Crippen molar-refractivity contribution >= 4 is 39.8 Å². The van der Waals surface area contributed by atoms with E-state index in [0.717, 1.165) is 21.8 Å². The van der Waals surface area contributed by atoms with Crippen molar-refractivity contribution in [3.63, 3.8) is 0 Å². The van der Waals surface area contributed by atoms with Crippen LogP contribution in [0.5, 0.6) is 0 Å². The van der Waals surface area contributed by atoms with Crippen molar-refractivity contribution in [2.75, 3.05) is 14.1 Å². The zero-order chi connectivity index (χ0) is 23.8. The molecule has 5 rings (SSSR count). The first-order chi connectivity index (χ1) is 16.5. The van der Waals surface area contributed by atoms with Gasteiger partial charge in [-0.05, 0) is 30.3 Å². The summed E-state index contributed by atoms with van der Waals surface area (Å²) in [6.07, 6.45) is 0.713. The minimum atomic E-state index is -0.250. The third-order valence-electron chi connectivity index (χ3n) is 6.03. The molecular formula is C29H22N2O3. The van der Waals surface area contributed by atoms with Gasteiger partial charge in [0.25, 0.3) is 5.91 Å². The maximum absolute atomic E-state index is 13.1.